The molecular weight excluding hydrogens is 775 g/mol. The number of para-hydroxylation sites is 2. The second-order valence-corrected chi connectivity index (χ2v) is 16.1. The number of nitrogens with zero attached hydrogens (tertiary/aromatic N) is 2. The minimum Gasteiger partial charge on any atom is -0.507 e. The van der Waals surface area contributed by atoms with Crippen LogP contribution in [0.3, 0.4) is 0 Å². The first kappa shape index (κ1) is 37.5. The molecule has 6 atom stereocenters. The minimum atomic E-state index is -1.59. The second kappa shape index (κ2) is 14.4. The molecule has 0 spiro atoms. The lowest BCUT2D eigenvalue weighted by atomic mass is 9.49. The third-order valence-electron chi connectivity index (χ3n) is 12.3. The first-order valence-electron chi connectivity index (χ1n) is 19.1. The predicted molar refractivity (Wildman–Crippen MR) is 222 cm³/mol. The van der Waals surface area contributed by atoms with E-state index in [1.807, 2.05) is 54.6 Å². The van der Waals surface area contributed by atoms with Gasteiger partial charge < -0.3 is 15.2 Å². The number of benzene rings is 5. The first-order chi connectivity index (χ1) is 28.0. The van der Waals surface area contributed by atoms with Gasteiger partial charge in [0.25, 0.3) is 11.8 Å². The Morgan fingerprint density at radius 2 is 1.52 bits per heavy atom. The summed E-state index contributed by atoms with van der Waals surface area (Å²) in [6.45, 7) is 1.78. The standard InChI is InChI=1S/C46H38Cl2N4O6/c1-25-7-6-10-34(41(25)53)40-32-20-21-33-39(44(56)51(42(33)54)30-16-14-29(15-17-30)49-28-8-4-3-5-9-28)35(32)24-36-43(55)52(50-38-22-13-27(47)23-37(38)48)45(57)46(36,40)26-11-18-31(58-2)19-12-26/h3-20,22-23,33,35-36,39-40,49-50,53H,21,24H2,1-2H3. The number of anilines is 4. The molecular formula is C46H38Cl2N4O6. The Kier molecular flexibility index (Phi) is 9.29. The molecule has 5 aromatic rings. The number of aromatic hydroxyl groups is 1. The van der Waals surface area contributed by atoms with E-state index in [1.54, 1.807) is 74.7 Å². The van der Waals surface area contributed by atoms with Crippen LogP contribution in [0.15, 0.2) is 127 Å². The van der Waals surface area contributed by atoms with Crippen LogP contribution in [0.4, 0.5) is 22.7 Å². The molecule has 58 heavy (non-hydrogen) atoms. The van der Waals surface area contributed by atoms with Gasteiger partial charge in [-0.25, -0.2) is 0 Å². The van der Waals surface area contributed by atoms with E-state index in [1.165, 1.54) is 11.0 Å². The Hall–Kier alpha value is -6.10. The molecule has 2 aliphatic carbocycles. The fourth-order valence-electron chi connectivity index (χ4n) is 9.74. The number of ether oxygens (including phenoxy) is 1. The van der Waals surface area contributed by atoms with Crippen LogP contribution in [0.5, 0.6) is 11.5 Å². The smallest absolute Gasteiger partial charge is 0.260 e. The van der Waals surface area contributed by atoms with Crippen LogP contribution >= 0.6 is 23.2 Å². The highest BCUT2D eigenvalue weighted by Gasteiger charge is 2.70. The number of fused-ring (bicyclic) bond motifs is 4. The summed E-state index contributed by atoms with van der Waals surface area (Å²) in [5.41, 5.74) is 6.13. The molecule has 0 bridgehead atoms. The Bertz CT molecular complexity index is 2530. The summed E-state index contributed by atoms with van der Waals surface area (Å²) in [5.74, 6) is -5.26. The molecule has 0 radical (unpaired) electrons. The Balaban J connectivity index is 1.17. The van der Waals surface area contributed by atoms with E-state index in [2.05, 4.69) is 10.7 Å². The van der Waals surface area contributed by atoms with Gasteiger partial charge in [0.2, 0.25) is 11.8 Å². The number of carbonyl (C=O) groups excluding carboxylic acids is 4. The van der Waals surface area contributed by atoms with Gasteiger partial charge in [0, 0.05) is 27.9 Å². The van der Waals surface area contributed by atoms with Crippen LogP contribution < -0.4 is 20.4 Å². The monoisotopic (exact) mass is 812 g/mol. The molecule has 10 nitrogen and oxygen atoms in total. The van der Waals surface area contributed by atoms with Crippen LogP contribution in [0.2, 0.25) is 10.0 Å². The number of hydrogen-bond acceptors (Lipinski definition) is 8. The highest BCUT2D eigenvalue weighted by atomic mass is 35.5. The van der Waals surface area contributed by atoms with E-state index < -0.39 is 46.8 Å². The molecule has 6 unspecified atom stereocenters. The van der Waals surface area contributed by atoms with E-state index in [-0.39, 0.29) is 35.4 Å². The average Bonchev–Trinajstić information content (AvgIpc) is 3.61. The quantitative estimate of drug-likeness (QED) is 0.105. The fourth-order valence-corrected chi connectivity index (χ4v) is 10.2. The molecule has 3 fully saturated rings. The summed E-state index contributed by atoms with van der Waals surface area (Å²) in [6.07, 6.45) is 2.29. The van der Waals surface area contributed by atoms with Crippen molar-refractivity contribution in [2.75, 3.05) is 22.8 Å². The number of hydrogen-bond donors (Lipinski definition) is 3. The number of imide groups is 2. The van der Waals surface area contributed by atoms with Crippen molar-refractivity contribution in [3.05, 3.63) is 154 Å². The number of phenols is 1. The summed E-state index contributed by atoms with van der Waals surface area (Å²) in [5, 5.41) is 16.8. The van der Waals surface area contributed by atoms with Crippen molar-refractivity contribution in [3.8, 4) is 11.5 Å². The SMILES string of the molecule is COc1ccc(C23C(=O)N(Nc4ccc(Cl)cc4Cl)C(=O)C2CC2C(=CCC4C(=O)N(c5ccc(Nc6ccccc6)cc5)C(=O)C42)C3c2cccc(C)c2O)cc1. The van der Waals surface area contributed by atoms with Crippen LogP contribution in [-0.2, 0) is 24.6 Å². The zero-order chi connectivity index (χ0) is 40.5. The number of halogens is 2. The number of aryl methyl sites for hydroxylation is 1. The molecule has 4 aliphatic rings. The van der Waals surface area contributed by atoms with Gasteiger partial charge in [-0.05, 0) is 104 Å². The van der Waals surface area contributed by atoms with Crippen molar-refractivity contribution in [2.45, 2.75) is 31.1 Å². The van der Waals surface area contributed by atoms with Gasteiger partial charge in [0.05, 0.1) is 46.7 Å². The van der Waals surface area contributed by atoms with Gasteiger partial charge >= 0.3 is 0 Å². The second-order valence-electron chi connectivity index (χ2n) is 15.3. The first-order valence-corrected chi connectivity index (χ1v) is 19.8. The van der Waals surface area contributed by atoms with Crippen LogP contribution in [0.1, 0.15) is 35.4 Å². The Labute approximate surface area is 345 Å². The van der Waals surface area contributed by atoms with Gasteiger partial charge in [-0.15, -0.1) is 0 Å². The predicted octanol–water partition coefficient (Wildman–Crippen LogP) is 8.95. The molecule has 3 N–H and O–H groups in total. The lowest BCUT2D eigenvalue weighted by molar-refractivity contribution is -0.138. The van der Waals surface area contributed by atoms with Crippen LogP contribution in [-0.4, -0.2) is 40.9 Å². The molecule has 2 saturated heterocycles. The number of carbonyl (C=O) groups is 4. The van der Waals surface area contributed by atoms with Crippen LogP contribution in [0, 0.1) is 30.6 Å². The maximum atomic E-state index is 15.5. The largest absolute Gasteiger partial charge is 0.507 e. The van der Waals surface area contributed by atoms with Crippen molar-refractivity contribution in [1.29, 1.82) is 0 Å². The minimum absolute atomic E-state index is 0.0186. The van der Waals surface area contributed by atoms with E-state index in [0.29, 0.717) is 38.8 Å². The van der Waals surface area contributed by atoms with E-state index >= 15 is 9.59 Å². The number of phenolic OH excluding ortho intramolecular Hbond substituents is 1. The van der Waals surface area contributed by atoms with Crippen molar-refractivity contribution in [1.82, 2.24) is 5.01 Å². The molecule has 2 aliphatic heterocycles. The van der Waals surface area contributed by atoms with Crippen molar-refractivity contribution in [3.63, 3.8) is 0 Å². The zero-order valence-corrected chi connectivity index (χ0v) is 33.0. The molecule has 9 rings (SSSR count). The van der Waals surface area contributed by atoms with Crippen molar-refractivity contribution in [2.24, 2.45) is 23.7 Å². The highest BCUT2D eigenvalue weighted by molar-refractivity contribution is 6.36. The average molecular weight is 814 g/mol. The van der Waals surface area contributed by atoms with Crippen molar-refractivity contribution >= 4 is 69.6 Å². The molecule has 4 amide bonds. The lowest BCUT2D eigenvalue weighted by Crippen LogP contribution is -2.53. The maximum Gasteiger partial charge on any atom is 0.260 e. The summed E-state index contributed by atoms with van der Waals surface area (Å²) in [7, 11) is 1.54. The number of methoxy groups -OCH3 is 1. The summed E-state index contributed by atoms with van der Waals surface area (Å²) in [4.78, 5) is 60.8. The summed E-state index contributed by atoms with van der Waals surface area (Å²) in [6, 6.07) is 33.9. The number of amides is 4. The van der Waals surface area contributed by atoms with Gasteiger partial charge in [0.1, 0.15) is 11.5 Å². The maximum absolute atomic E-state index is 15.5. The lowest BCUT2D eigenvalue weighted by Gasteiger charge is -2.50. The molecule has 2 heterocycles. The normalized spacial score (nSPS) is 24.9. The van der Waals surface area contributed by atoms with Crippen molar-refractivity contribution < 1.29 is 29.0 Å². The van der Waals surface area contributed by atoms with Gasteiger partial charge in [-0.3, -0.25) is 29.5 Å². The third kappa shape index (κ3) is 5.76. The Morgan fingerprint density at radius 3 is 2.22 bits per heavy atom. The zero-order valence-electron chi connectivity index (χ0n) is 31.5. The number of allylic oxidation sites excluding steroid dienone is 2. The van der Waals surface area contributed by atoms with E-state index in [9.17, 15) is 14.7 Å². The highest BCUT2D eigenvalue weighted by Crippen LogP contribution is 2.65. The molecule has 12 heteroatoms. The number of hydrazine groups is 1. The fraction of sp³-hybridized carbons (Fsp3) is 0.217. The number of nitrogens with one attached hydrogen (secondary N) is 2. The Morgan fingerprint density at radius 1 is 0.793 bits per heavy atom. The van der Waals surface area contributed by atoms with E-state index in [0.717, 1.165) is 22.0 Å². The summed E-state index contributed by atoms with van der Waals surface area (Å²) < 4.78 is 5.49. The van der Waals surface area contributed by atoms with Gasteiger partial charge in [-0.1, -0.05) is 83.4 Å². The van der Waals surface area contributed by atoms with Crippen LogP contribution in [0.25, 0.3) is 0 Å². The third-order valence-corrected chi connectivity index (χ3v) is 12.9. The molecule has 0 aromatic heterocycles. The topological polar surface area (TPSA) is 128 Å². The summed E-state index contributed by atoms with van der Waals surface area (Å²) >= 11 is 12.8. The van der Waals surface area contributed by atoms with Gasteiger partial charge in [0.15, 0.2) is 0 Å². The molecule has 292 valence electrons. The molecule has 5 aromatic carbocycles. The number of rotatable bonds is 8. The van der Waals surface area contributed by atoms with E-state index in [4.69, 9.17) is 27.9 Å². The van der Waals surface area contributed by atoms with Gasteiger partial charge in [-0.2, -0.15) is 5.01 Å². The molecule has 1 saturated carbocycles.